The van der Waals surface area contributed by atoms with Crippen molar-refractivity contribution in [1.29, 1.82) is 0 Å². The van der Waals surface area contributed by atoms with Gasteiger partial charge in [0.25, 0.3) is 0 Å². The zero-order valence-corrected chi connectivity index (χ0v) is 21.3. The highest BCUT2D eigenvalue weighted by Gasteiger charge is 2.47. The van der Waals surface area contributed by atoms with Crippen LogP contribution in [0.15, 0.2) is 40.7 Å². The molecular formula is C24H27Cl2NO5S. The maximum Gasteiger partial charge on any atom is 0.336 e. The number of hydrogen-bond donors (Lipinski definition) is 1. The number of dihydropyridines is 1. The molecule has 0 aromatic heterocycles. The number of carbonyl (C=O) groups excluding carboxylic acids is 3. The molecule has 3 rings (SSSR count). The number of Topliss-reactive ketones (excluding diaryl/α,β-unsaturated/α-hetero) is 1. The predicted molar refractivity (Wildman–Crippen MR) is 130 cm³/mol. The minimum absolute atomic E-state index is 0.247. The molecule has 0 unspecified atom stereocenters. The SMILES string of the molecule is CCSCCOC(=O)C1=C(C)NC2=C(C(=O)[C@H](C(=O)OC)[C@@H](C)C2)[C@H]1c1ccc(Cl)cc1Cl. The van der Waals surface area contributed by atoms with Gasteiger partial charge in [-0.3, -0.25) is 9.59 Å². The Morgan fingerprint density at radius 3 is 2.64 bits per heavy atom. The van der Waals surface area contributed by atoms with Crippen LogP contribution in [0.5, 0.6) is 0 Å². The van der Waals surface area contributed by atoms with Crippen molar-refractivity contribution in [2.45, 2.75) is 33.1 Å². The van der Waals surface area contributed by atoms with E-state index in [4.69, 9.17) is 32.7 Å². The van der Waals surface area contributed by atoms with Gasteiger partial charge in [-0.05, 0) is 42.7 Å². The second kappa shape index (κ2) is 11.0. The summed E-state index contributed by atoms with van der Waals surface area (Å²) >= 11 is 14.3. The van der Waals surface area contributed by atoms with Crippen molar-refractivity contribution in [3.63, 3.8) is 0 Å². The molecule has 0 saturated carbocycles. The summed E-state index contributed by atoms with van der Waals surface area (Å²) in [6.45, 7) is 5.89. The third-order valence-corrected chi connectivity index (χ3v) is 7.33. The van der Waals surface area contributed by atoms with Crippen molar-refractivity contribution in [2.75, 3.05) is 25.2 Å². The molecule has 9 heteroatoms. The van der Waals surface area contributed by atoms with Gasteiger partial charge in [0, 0.05) is 38.7 Å². The average Bonchev–Trinajstić information content (AvgIpc) is 2.75. The van der Waals surface area contributed by atoms with Crippen molar-refractivity contribution in [2.24, 2.45) is 11.8 Å². The molecule has 0 radical (unpaired) electrons. The van der Waals surface area contributed by atoms with E-state index in [2.05, 4.69) is 5.32 Å². The Balaban J connectivity index is 2.11. The molecule has 0 bridgehead atoms. The van der Waals surface area contributed by atoms with Gasteiger partial charge in [0.2, 0.25) is 0 Å². The van der Waals surface area contributed by atoms with Gasteiger partial charge in [-0.2, -0.15) is 11.8 Å². The molecule has 1 aromatic rings. The van der Waals surface area contributed by atoms with Crippen molar-refractivity contribution in [3.8, 4) is 0 Å². The number of rotatable bonds is 7. The van der Waals surface area contributed by atoms with E-state index in [0.29, 0.717) is 50.3 Å². The lowest BCUT2D eigenvalue weighted by Gasteiger charge is -2.38. The molecule has 1 aliphatic carbocycles. The van der Waals surface area contributed by atoms with Crippen LogP contribution in [0.25, 0.3) is 0 Å². The molecule has 2 aliphatic rings. The van der Waals surface area contributed by atoms with Crippen LogP contribution in [0.4, 0.5) is 0 Å². The van der Waals surface area contributed by atoms with Gasteiger partial charge in [0.15, 0.2) is 5.78 Å². The first-order valence-corrected chi connectivity index (χ1v) is 12.6. The number of methoxy groups -OCH3 is 1. The van der Waals surface area contributed by atoms with Crippen LogP contribution >= 0.6 is 35.0 Å². The minimum atomic E-state index is -0.958. The summed E-state index contributed by atoms with van der Waals surface area (Å²) in [7, 11) is 1.26. The van der Waals surface area contributed by atoms with Crippen LogP contribution in [-0.2, 0) is 23.9 Å². The molecule has 1 aliphatic heterocycles. The fourth-order valence-corrected chi connectivity index (χ4v) is 5.42. The Morgan fingerprint density at radius 2 is 2.00 bits per heavy atom. The van der Waals surface area contributed by atoms with Crippen LogP contribution in [0.2, 0.25) is 10.0 Å². The number of ether oxygens (including phenoxy) is 2. The summed E-state index contributed by atoms with van der Waals surface area (Å²) < 4.78 is 10.5. The Morgan fingerprint density at radius 1 is 1.27 bits per heavy atom. The van der Waals surface area contributed by atoms with E-state index in [9.17, 15) is 14.4 Å². The Bertz CT molecular complexity index is 1040. The van der Waals surface area contributed by atoms with E-state index in [1.54, 1.807) is 36.9 Å². The Kier molecular flexibility index (Phi) is 8.54. The first-order valence-electron chi connectivity index (χ1n) is 10.7. The molecule has 0 amide bonds. The smallest absolute Gasteiger partial charge is 0.336 e. The van der Waals surface area contributed by atoms with Gasteiger partial charge in [0.1, 0.15) is 12.5 Å². The zero-order chi connectivity index (χ0) is 24.3. The summed E-state index contributed by atoms with van der Waals surface area (Å²) in [4.78, 5) is 39.4. The number of thioether (sulfide) groups is 1. The van der Waals surface area contributed by atoms with E-state index in [-0.39, 0.29) is 18.3 Å². The molecule has 0 fully saturated rings. The predicted octanol–water partition coefficient (Wildman–Crippen LogP) is 4.90. The third-order valence-electron chi connectivity index (χ3n) is 5.90. The number of esters is 2. The van der Waals surface area contributed by atoms with Crippen LogP contribution in [-0.4, -0.2) is 42.9 Å². The van der Waals surface area contributed by atoms with Crippen LogP contribution in [0.3, 0.4) is 0 Å². The van der Waals surface area contributed by atoms with Crippen LogP contribution in [0, 0.1) is 11.8 Å². The highest BCUT2D eigenvalue weighted by atomic mass is 35.5. The highest BCUT2D eigenvalue weighted by molar-refractivity contribution is 7.99. The van der Waals surface area contributed by atoms with E-state index in [1.165, 1.54) is 7.11 Å². The lowest BCUT2D eigenvalue weighted by molar-refractivity contribution is -0.151. The van der Waals surface area contributed by atoms with Crippen molar-refractivity contribution in [1.82, 2.24) is 5.32 Å². The molecule has 33 heavy (non-hydrogen) atoms. The number of carbonyl (C=O) groups is 3. The normalized spacial score (nSPS) is 22.6. The maximum atomic E-state index is 13.7. The molecular weight excluding hydrogens is 485 g/mol. The maximum absolute atomic E-state index is 13.7. The topological polar surface area (TPSA) is 81.7 Å². The van der Waals surface area contributed by atoms with Gasteiger partial charge in [-0.25, -0.2) is 4.79 Å². The van der Waals surface area contributed by atoms with E-state index < -0.39 is 23.8 Å². The summed E-state index contributed by atoms with van der Waals surface area (Å²) in [5, 5.41) is 3.99. The summed E-state index contributed by atoms with van der Waals surface area (Å²) in [6, 6.07) is 4.94. The summed E-state index contributed by atoms with van der Waals surface area (Å²) in [5.74, 6) is -1.91. The first-order chi connectivity index (χ1) is 15.7. The molecule has 1 aromatic carbocycles. The van der Waals surface area contributed by atoms with Crippen molar-refractivity contribution < 1.29 is 23.9 Å². The van der Waals surface area contributed by atoms with Gasteiger partial charge in [-0.15, -0.1) is 0 Å². The molecule has 0 spiro atoms. The van der Waals surface area contributed by atoms with E-state index in [1.807, 2.05) is 13.8 Å². The molecule has 178 valence electrons. The average molecular weight is 512 g/mol. The number of halogens is 2. The number of benzene rings is 1. The third kappa shape index (κ3) is 5.26. The zero-order valence-electron chi connectivity index (χ0n) is 19.0. The Hall–Kier alpha value is -1.96. The highest BCUT2D eigenvalue weighted by Crippen LogP contribution is 2.47. The first kappa shape index (κ1) is 25.7. The second-order valence-corrected chi connectivity index (χ2v) is 10.3. The lowest BCUT2D eigenvalue weighted by Crippen LogP contribution is -2.43. The fourth-order valence-electron chi connectivity index (χ4n) is 4.41. The minimum Gasteiger partial charge on any atom is -0.468 e. The van der Waals surface area contributed by atoms with Crippen LogP contribution in [0.1, 0.15) is 38.7 Å². The van der Waals surface area contributed by atoms with Gasteiger partial charge in [-0.1, -0.05) is 43.1 Å². The second-order valence-electron chi connectivity index (χ2n) is 8.03. The molecule has 1 heterocycles. The number of hydrogen-bond acceptors (Lipinski definition) is 7. The van der Waals surface area contributed by atoms with E-state index >= 15 is 0 Å². The molecule has 0 saturated heterocycles. The van der Waals surface area contributed by atoms with Crippen molar-refractivity contribution >= 4 is 52.7 Å². The largest absolute Gasteiger partial charge is 0.468 e. The monoisotopic (exact) mass is 511 g/mol. The number of nitrogens with one attached hydrogen (secondary N) is 1. The number of ketones is 1. The summed E-state index contributed by atoms with van der Waals surface area (Å²) in [5.41, 5.74) is 2.46. The standard InChI is InChI=1S/C24H27Cl2NO5S/c1-5-33-9-8-32-24(30)19-13(3)27-17-10-12(2)18(23(29)31-4)22(28)21(17)20(19)15-7-6-14(25)11-16(15)26/h6-7,11-12,18,20,27H,5,8-10H2,1-4H3/t12-,18+,20-/m0/s1. The Labute approximate surface area is 208 Å². The van der Waals surface area contributed by atoms with Crippen LogP contribution < -0.4 is 5.32 Å². The quantitative estimate of drug-likeness (QED) is 0.316. The molecule has 3 atom stereocenters. The lowest BCUT2D eigenvalue weighted by atomic mass is 9.69. The van der Waals surface area contributed by atoms with E-state index in [0.717, 1.165) is 5.75 Å². The van der Waals surface area contributed by atoms with Gasteiger partial charge >= 0.3 is 11.9 Å². The fraction of sp³-hybridized carbons (Fsp3) is 0.458. The van der Waals surface area contributed by atoms with Gasteiger partial charge < -0.3 is 14.8 Å². The molecule has 1 N–H and O–H groups in total. The van der Waals surface area contributed by atoms with Gasteiger partial charge in [0.05, 0.1) is 12.7 Å². The number of allylic oxidation sites excluding steroid dienone is 3. The van der Waals surface area contributed by atoms with Crippen molar-refractivity contribution in [3.05, 3.63) is 56.3 Å². The molecule has 6 nitrogen and oxygen atoms in total. The summed E-state index contributed by atoms with van der Waals surface area (Å²) in [6.07, 6.45) is 0.454.